The Bertz CT molecular complexity index is 473. The second-order valence-electron chi connectivity index (χ2n) is 5.94. The van der Waals surface area contributed by atoms with Gasteiger partial charge in [-0.2, -0.15) is 0 Å². The van der Waals surface area contributed by atoms with E-state index in [0.717, 1.165) is 31.7 Å². The van der Waals surface area contributed by atoms with Crippen LogP contribution < -0.4 is 16.0 Å². The quantitative estimate of drug-likeness (QED) is 0.482. The van der Waals surface area contributed by atoms with Crippen molar-refractivity contribution in [2.75, 3.05) is 19.9 Å². The van der Waals surface area contributed by atoms with Crippen LogP contribution in [0.15, 0.2) is 24.3 Å². The largest absolute Gasteiger partial charge is 0.462 e. The molecule has 5 heteroatoms. The highest BCUT2D eigenvalue weighted by molar-refractivity contribution is 5.91. The monoisotopic (exact) mass is 319 g/mol. The Labute approximate surface area is 139 Å². The zero-order valence-corrected chi connectivity index (χ0v) is 14.1. The standard InChI is InChI=1S/C18H29N3O2/c1-2-3-4-5-6-9-12-23-18(22)16-11-8-7-10-15(16)17-20-13-19-14-21-17/h7-8,10-11,17,19-21H,2-6,9,12-14H2,1H3. The van der Waals surface area contributed by atoms with Gasteiger partial charge < -0.3 is 4.74 Å². The number of hydrogen-bond acceptors (Lipinski definition) is 5. The van der Waals surface area contributed by atoms with Crippen molar-refractivity contribution in [3.63, 3.8) is 0 Å². The van der Waals surface area contributed by atoms with Crippen molar-refractivity contribution in [3.05, 3.63) is 35.4 Å². The summed E-state index contributed by atoms with van der Waals surface area (Å²) >= 11 is 0. The van der Waals surface area contributed by atoms with Crippen LogP contribution in [-0.4, -0.2) is 25.9 Å². The van der Waals surface area contributed by atoms with Crippen LogP contribution >= 0.6 is 0 Å². The molecule has 1 aromatic rings. The third-order valence-corrected chi connectivity index (χ3v) is 4.09. The fourth-order valence-corrected chi connectivity index (χ4v) is 2.76. The molecule has 2 rings (SSSR count). The molecule has 0 amide bonds. The maximum atomic E-state index is 12.3. The molecule has 0 atom stereocenters. The van der Waals surface area contributed by atoms with E-state index in [0.29, 0.717) is 12.2 Å². The van der Waals surface area contributed by atoms with Gasteiger partial charge in [-0.1, -0.05) is 57.2 Å². The number of carbonyl (C=O) groups is 1. The number of unbranched alkanes of at least 4 members (excludes halogenated alkanes) is 5. The maximum absolute atomic E-state index is 12.3. The molecule has 3 N–H and O–H groups in total. The van der Waals surface area contributed by atoms with Crippen molar-refractivity contribution in [1.82, 2.24) is 16.0 Å². The maximum Gasteiger partial charge on any atom is 0.338 e. The number of hydrogen-bond donors (Lipinski definition) is 3. The lowest BCUT2D eigenvalue weighted by Gasteiger charge is -2.27. The SMILES string of the molecule is CCCCCCCCOC(=O)c1ccccc1C1NCNCN1. The van der Waals surface area contributed by atoms with Gasteiger partial charge in [-0.25, -0.2) is 4.79 Å². The van der Waals surface area contributed by atoms with E-state index < -0.39 is 0 Å². The Morgan fingerprint density at radius 1 is 1.09 bits per heavy atom. The van der Waals surface area contributed by atoms with Crippen LogP contribution in [0.25, 0.3) is 0 Å². The summed E-state index contributed by atoms with van der Waals surface area (Å²) in [5, 5.41) is 9.75. The molecule has 23 heavy (non-hydrogen) atoms. The van der Waals surface area contributed by atoms with Crippen molar-refractivity contribution in [2.45, 2.75) is 51.6 Å². The van der Waals surface area contributed by atoms with Gasteiger partial charge >= 0.3 is 5.97 Å². The number of rotatable bonds is 9. The highest BCUT2D eigenvalue weighted by atomic mass is 16.5. The van der Waals surface area contributed by atoms with E-state index in [2.05, 4.69) is 22.9 Å². The Morgan fingerprint density at radius 3 is 2.57 bits per heavy atom. The van der Waals surface area contributed by atoms with Crippen LogP contribution in [0.5, 0.6) is 0 Å². The van der Waals surface area contributed by atoms with Crippen LogP contribution in [0.4, 0.5) is 0 Å². The molecule has 0 aromatic heterocycles. The molecule has 1 aliphatic heterocycles. The molecular weight excluding hydrogens is 290 g/mol. The fourth-order valence-electron chi connectivity index (χ4n) is 2.76. The van der Waals surface area contributed by atoms with E-state index >= 15 is 0 Å². The molecule has 0 spiro atoms. The third kappa shape index (κ3) is 5.94. The Balaban J connectivity index is 1.80. The van der Waals surface area contributed by atoms with Crippen molar-refractivity contribution in [1.29, 1.82) is 0 Å². The average Bonchev–Trinajstić information content (AvgIpc) is 2.61. The molecule has 0 saturated carbocycles. The lowest BCUT2D eigenvalue weighted by Crippen LogP contribution is -2.50. The highest BCUT2D eigenvalue weighted by Crippen LogP contribution is 2.18. The first-order chi connectivity index (χ1) is 11.3. The zero-order chi connectivity index (χ0) is 16.3. The second kappa shape index (κ2) is 10.4. The molecular formula is C18H29N3O2. The summed E-state index contributed by atoms with van der Waals surface area (Å²) in [5.41, 5.74) is 1.59. The molecule has 1 aromatic carbocycles. The average molecular weight is 319 g/mol. The van der Waals surface area contributed by atoms with Gasteiger partial charge in [-0.3, -0.25) is 16.0 Å². The van der Waals surface area contributed by atoms with Crippen molar-refractivity contribution in [2.24, 2.45) is 0 Å². The number of esters is 1. The third-order valence-electron chi connectivity index (χ3n) is 4.09. The molecule has 0 bridgehead atoms. The minimum absolute atomic E-state index is 0.0194. The number of carbonyl (C=O) groups excluding carboxylic acids is 1. The molecule has 128 valence electrons. The Morgan fingerprint density at radius 2 is 1.78 bits per heavy atom. The predicted molar refractivity (Wildman–Crippen MR) is 92.0 cm³/mol. The van der Waals surface area contributed by atoms with Crippen LogP contribution in [0.2, 0.25) is 0 Å². The lowest BCUT2D eigenvalue weighted by atomic mass is 10.0. The second-order valence-corrected chi connectivity index (χ2v) is 5.94. The predicted octanol–water partition coefficient (Wildman–Crippen LogP) is 2.90. The van der Waals surface area contributed by atoms with Gasteiger partial charge in [0.1, 0.15) is 0 Å². The van der Waals surface area contributed by atoms with Gasteiger partial charge in [0.05, 0.1) is 18.3 Å². The fraction of sp³-hybridized carbons (Fsp3) is 0.611. The van der Waals surface area contributed by atoms with Crippen molar-refractivity contribution >= 4 is 5.97 Å². The molecule has 1 saturated heterocycles. The molecule has 0 radical (unpaired) electrons. The number of ether oxygens (including phenoxy) is 1. The van der Waals surface area contributed by atoms with Gasteiger partial charge in [-0.15, -0.1) is 0 Å². The normalized spacial score (nSPS) is 15.5. The van der Waals surface area contributed by atoms with Crippen LogP contribution in [0.3, 0.4) is 0 Å². The first-order valence-corrected chi connectivity index (χ1v) is 8.76. The van der Waals surface area contributed by atoms with Gasteiger partial charge in [0.2, 0.25) is 0 Å². The number of benzene rings is 1. The Kier molecular flexibility index (Phi) is 8.07. The molecule has 1 fully saturated rings. The summed E-state index contributed by atoms with van der Waals surface area (Å²) in [6.07, 6.45) is 7.11. The van der Waals surface area contributed by atoms with Gasteiger partial charge in [0.15, 0.2) is 0 Å². The zero-order valence-electron chi connectivity index (χ0n) is 14.1. The first kappa shape index (κ1) is 17.9. The van der Waals surface area contributed by atoms with Crippen molar-refractivity contribution < 1.29 is 9.53 Å². The van der Waals surface area contributed by atoms with E-state index in [1.807, 2.05) is 24.3 Å². The van der Waals surface area contributed by atoms with E-state index in [9.17, 15) is 4.79 Å². The van der Waals surface area contributed by atoms with Crippen molar-refractivity contribution in [3.8, 4) is 0 Å². The van der Waals surface area contributed by atoms with E-state index in [-0.39, 0.29) is 12.1 Å². The van der Waals surface area contributed by atoms with Crippen LogP contribution in [0, 0.1) is 0 Å². The summed E-state index contributed by atoms with van der Waals surface area (Å²) in [5.74, 6) is -0.226. The molecule has 1 aliphatic rings. The Hall–Kier alpha value is -1.43. The summed E-state index contributed by atoms with van der Waals surface area (Å²) < 4.78 is 5.46. The van der Waals surface area contributed by atoms with Gasteiger partial charge in [0.25, 0.3) is 0 Å². The van der Waals surface area contributed by atoms with Gasteiger partial charge in [-0.05, 0) is 18.1 Å². The summed E-state index contributed by atoms with van der Waals surface area (Å²) in [4.78, 5) is 12.3. The first-order valence-electron chi connectivity index (χ1n) is 8.76. The summed E-state index contributed by atoms with van der Waals surface area (Å²) in [6, 6.07) is 7.64. The number of nitrogens with one attached hydrogen (secondary N) is 3. The minimum Gasteiger partial charge on any atom is -0.462 e. The molecule has 0 unspecified atom stereocenters. The summed E-state index contributed by atoms with van der Waals surface area (Å²) in [6.45, 7) is 4.16. The highest BCUT2D eigenvalue weighted by Gasteiger charge is 2.20. The summed E-state index contributed by atoms with van der Waals surface area (Å²) in [7, 11) is 0. The topological polar surface area (TPSA) is 62.4 Å². The van der Waals surface area contributed by atoms with Gasteiger partial charge in [0, 0.05) is 13.3 Å². The van der Waals surface area contributed by atoms with E-state index in [1.165, 1.54) is 25.7 Å². The van der Waals surface area contributed by atoms with Crippen LogP contribution in [-0.2, 0) is 4.74 Å². The smallest absolute Gasteiger partial charge is 0.338 e. The van der Waals surface area contributed by atoms with E-state index in [1.54, 1.807) is 0 Å². The van der Waals surface area contributed by atoms with E-state index in [4.69, 9.17) is 4.74 Å². The van der Waals surface area contributed by atoms with Crippen LogP contribution in [0.1, 0.15) is 67.5 Å². The molecule has 1 heterocycles. The molecule has 0 aliphatic carbocycles. The lowest BCUT2D eigenvalue weighted by molar-refractivity contribution is 0.0494. The molecule has 5 nitrogen and oxygen atoms in total. The minimum atomic E-state index is -0.226.